The van der Waals surface area contributed by atoms with Crippen LogP contribution in [-0.4, -0.2) is 29.7 Å². The molecule has 4 heteroatoms. The Hall–Kier alpha value is -0.610. The van der Waals surface area contributed by atoms with E-state index >= 15 is 0 Å². The highest BCUT2D eigenvalue weighted by molar-refractivity contribution is 5.78. The zero-order valence-electron chi connectivity index (χ0n) is 8.05. The summed E-state index contributed by atoms with van der Waals surface area (Å²) in [5, 5.41) is 12.2. The second-order valence-electron chi connectivity index (χ2n) is 3.97. The van der Waals surface area contributed by atoms with Crippen LogP contribution in [0.15, 0.2) is 0 Å². The summed E-state index contributed by atoms with van der Waals surface area (Å²) in [7, 11) is 0. The molecule has 1 rings (SSSR count). The highest BCUT2D eigenvalue weighted by atomic mass is 16.4. The van der Waals surface area contributed by atoms with Gasteiger partial charge in [-0.25, -0.2) is 0 Å². The fourth-order valence-corrected chi connectivity index (χ4v) is 1.79. The molecule has 2 unspecified atom stereocenters. The monoisotopic (exact) mass is 186 g/mol. The Bertz CT molecular complexity index is 184. The second kappa shape index (κ2) is 4.07. The summed E-state index contributed by atoms with van der Waals surface area (Å²) < 4.78 is 0. The molecular formula is C9H18N2O2. The first-order valence-electron chi connectivity index (χ1n) is 4.78. The van der Waals surface area contributed by atoms with E-state index in [0.717, 1.165) is 32.4 Å². The molecule has 76 valence electrons. The SMILES string of the molecule is CC(N)(C(=O)O)C1CCCNCC1. The molecular weight excluding hydrogens is 168 g/mol. The zero-order valence-corrected chi connectivity index (χ0v) is 8.05. The Labute approximate surface area is 78.5 Å². The number of rotatable bonds is 2. The number of carbonyl (C=O) groups is 1. The van der Waals surface area contributed by atoms with Gasteiger partial charge in [-0.05, 0) is 45.2 Å². The van der Waals surface area contributed by atoms with Gasteiger partial charge in [0.1, 0.15) is 5.54 Å². The Kier molecular flexibility index (Phi) is 3.27. The molecule has 0 amide bonds. The number of carboxylic acids is 1. The first-order valence-corrected chi connectivity index (χ1v) is 4.78. The van der Waals surface area contributed by atoms with Crippen molar-refractivity contribution < 1.29 is 9.90 Å². The maximum Gasteiger partial charge on any atom is 0.323 e. The van der Waals surface area contributed by atoms with Gasteiger partial charge in [0, 0.05) is 0 Å². The predicted octanol–water partition coefficient (Wildman–Crippen LogP) is 0.178. The average Bonchev–Trinajstić information content (AvgIpc) is 2.31. The van der Waals surface area contributed by atoms with Crippen molar-refractivity contribution >= 4 is 5.97 Å². The molecule has 0 saturated carbocycles. The van der Waals surface area contributed by atoms with Crippen molar-refractivity contribution in [2.45, 2.75) is 31.7 Å². The summed E-state index contributed by atoms with van der Waals surface area (Å²) in [6, 6.07) is 0. The maximum absolute atomic E-state index is 10.9. The quantitative estimate of drug-likeness (QED) is 0.575. The van der Waals surface area contributed by atoms with Crippen LogP contribution in [-0.2, 0) is 4.79 Å². The summed E-state index contributed by atoms with van der Waals surface area (Å²) in [4.78, 5) is 10.9. The molecule has 0 aliphatic carbocycles. The van der Waals surface area contributed by atoms with E-state index < -0.39 is 11.5 Å². The van der Waals surface area contributed by atoms with Gasteiger partial charge in [0.15, 0.2) is 0 Å². The summed E-state index contributed by atoms with van der Waals surface area (Å²) in [6.45, 7) is 3.47. The molecule has 0 aromatic rings. The molecule has 0 aromatic heterocycles. The van der Waals surface area contributed by atoms with E-state index in [4.69, 9.17) is 10.8 Å². The Morgan fingerprint density at radius 1 is 1.54 bits per heavy atom. The van der Waals surface area contributed by atoms with Crippen LogP contribution in [0.4, 0.5) is 0 Å². The van der Waals surface area contributed by atoms with E-state index in [1.54, 1.807) is 6.92 Å². The smallest absolute Gasteiger partial charge is 0.323 e. The van der Waals surface area contributed by atoms with Gasteiger partial charge in [0.05, 0.1) is 0 Å². The Morgan fingerprint density at radius 2 is 2.23 bits per heavy atom. The first kappa shape index (κ1) is 10.5. The molecule has 1 aliphatic heterocycles. The largest absolute Gasteiger partial charge is 0.480 e. The summed E-state index contributed by atoms with van der Waals surface area (Å²) >= 11 is 0. The fraction of sp³-hybridized carbons (Fsp3) is 0.889. The minimum Gasteiger partial charge on any atom is -0.480 e. The molecule has 1 fully saturated rings. The van der Waals surface area contributed by atoms with E-state index in [1.807, 2.05) is 0 Å². The van der Waals surface area contributed by atoms with Gasteiger partial charge in [0.25, 0.3) is 0 Å². The zero-order chi connectivity index (χ0) is 9.90. The highest BCUT2D eigenvalue weighted by Gasteiger charge is 2.37. The predicted molar refractivity (Wildman–Crippen MR) is 50.4 cm³/mol. The second-order valence-corrected chi connectivity index (χ2v) is 3.97. The minimum absolute atomic E-state index is 0.0972. The lowest BCUT2D eigenvalue weighted by Crippen LogP contribution is -2.51. The third kappa shape index (κ3) is 2.42. The van der Waals surface area contributed by atoms with Crippen molar-refractivity contribution in [2.24, 2.45) is 11.7 Å². The summed E-state index contributed by atoms with van der Waals surface area (Å²) in [6.07, 6.45) is 2.79. The van der Waals surface area contributed by atoms with Crippen molar-refractivity contribution in [3.8, 4) is 0 Å². The van der Waals surface area contributed by atoms with E-state index in [1.165, 1.54) is 0 Å². The number of hydrogen-bond donors (Lipinski definition) is 3. The lowest BCUT2D eigenvalue weighted by molar-refractivity contribution is -0.145. The van der Waals surface area contributed by atoms with Crippen LogP contribution in [0.5, 0.6) is 0 Å². The third-order valence-electron chi connectivity index (χ3n) is 2.88. The molecule has 4 nitrogen and oxygen atoms in total. The lowest BCUT2D eigenvalue weighted by Gasteiger charge is -2.28. The van der Waals surface area contributed by atoms with Crippen molar-refractivity contribution in [3.63, 3.8) is 0 Å². The van der Waals surface area contributed by atoms with Crippen molar-refractivity contribution in [1.82, 2.24) is 5.32 Å². The van der Waals surface area contributed by atoms with Crippen molar-refractivity contribution in [1.29, 1.82) is 0 Å². The van der Waals surface area contributed by atoms with Crippen molar-refractivity contribution in [3.05, 3.63) is 0 Å². The maximum atomic E-state index is 10.9. The molecule has 1 saturated heterocycles. The standard InChI is InChI=1S/C9H18N2O2/c1-9(10,8(12)13)7-3-2-5-11-6-4-7/h7,11H,2-6,10H2,1H3,(H,12,13). The van der Waals surface area contributed by atoms with E-state index in [0.29, 0.717) is 0 Å². The molecule has 13 heavy (non-hydrogen) atoms. The van der Waals surface area contributed by atoms with Gasteiger partial charge in [-0.1, -0.05) is 0 Å². The summed E-state index contributed by atoms with van der Waals surface area (Å²) in [5.41, 5.74) is 4.71. The van der Waals surface area contributed by atoms with Crippen LogP contribution in [0.25, 0.3) is 0 Å². The summed E-state index contributed by atoms with van der Waals surface area (Å²) in [5.74, 6) is -0.792. The van der Waals surface area contributed by atoms with E-state index in [9.17, 15) is 4.79 Å². The van der Waals surface area contributed by atoms with Gasteiger partial charge in [-0.15, -0.1) is 0 Å². The average molecular weight is 186 g/mol. The molecule has 4 N–H and O–H groups in total. The van der Waals surface area contributed by atoms with Gasteiger partial charge in [-0.3, -0.25) is 4.79 Å². The van der Waals surface area contributed by atoms with Crippen LogP contribution in [0.3, 0.4) is 0 Å². The molecule has 0 bridgehead atoms. The van der Waals surface area contributed by atoms with E-state index in [2.05, 4.69) is 5.32 Å². The van der Waals surface area contributed by atoms with Crippen molar-refractivity contribution in [2.75, 3.05) is 13.1 Å². The molecule has 0 aromatic carbocycles. The van der Waals surface area contributed by atoms with Crippen LogP contribution >= 0.6 is 0 Å². The first-order chi connectivity index (χ1) is 6.05. The van der Waals surface area contributed by atoms with Gasteiger partial charge >= 0.3 is 5.97 Å². The Balaban J connectivity index is 2.62. The topological polar surface area (TPSA) is 75.4 Å². The molecule has 0 spiro atoms. The van der Waals surface area contributed by atoms with Crippen LogP contribution in [0.2, 0.25) is 0 Å². The van der Waals surface area contributed by atoms with Gasteiger partial charge in [0.2, 0.25) is 0 Å². The van der Waals surface area contributed by atoms with Gasteiger partial charge < -0.3 is 16.2 Å². The lowest BCUT2D eigenvalue weighted by atomic mass is 9.81. The third-order valence-corrected chi connectivity index (χ3v) is 2.88. The normalized spacial score (nSPS) is 28.9. The molecule has 2 atom stereocenters. The number of aliphatic carboxylic acids is 1. The highest BCUT2D eigenvalue weighted by Crippen LogP contribution is 2.24. The minimum atomic E-state index is -1.06. The number of nitrogens with one attached hydrogen (secondary N) is 1. The fourth-order valence-electron chi connectivity index (χ4n) is 1.79. The number of hydrogen-bond acceptors (Lipinski definition) is 3. The number of nitrogens with two attached hydrogens (primary N) is 1. The number of carboxylic acid groups (broad SMARTS) is 1. The molecule has 1 aliphatic rings. The Morgan fingerprint density at radius 3 is 2.85 bits per heavy atom. The van der Waals surface area contributed by atoms with Gasteiger partial charge in [-0.2, -0.15) is 0 Å². The van der Waals surface area contributed by atoms with E-state index in [-0.39, 0.29) is 5.92 Å². The van der Waals surface area contributed by atoms with Crippen LogP contribution in [0, 0.1) is 5.92 Å². The molecule has 0 radical (unpaired) electrons. The van der Waals surface area contributed by atoms with Crippen LogP contribution in [0.1, 0.15) is 26.2 Å². The van der Waals surface area contributed by atoms with Crippen LogP contribution < -0.4 is 11.1 Å². The molecule has 1 heterocycles.